The molecule has 0 radical (unpaired) electrons. The number of benzene rings is 1. The van der Waals surface area contributed by atoms with Gasteiger partial charge < -0.3 is 10.0 Å². The Balaban J connectivity index is 0.00000169. The molecule has 0 aliphatic rings. The monoisotopic (exact) mass is 259 g/mol. The first-order valence-corrected chi connectivity index (χ1v) is 4.54. The molecule has 1 unspecified atom stereocenters. The van der Waals surface area contributed by atoms with Gasteiger partial charge in [-0.15, -0.1) is 17.0 Å². The van der Waals surface area contributed by atoms with Crippen LogP contribution in [0.1, 0.15) is 12.5 Å². The quantitative estimate of drug-likeness (QED) is 0.902. The van der Waals surface area contributed by atoms with Gasteiger partial charge in [-0.1, -0.05) is 12.1 Å². The van der Waals surface area contributed by atoms with E-state index < -0.39 is 0 Å². The minimum absolute atomic E-state index is 0. The predicted molar refractivity (Wildman–Crippen MR) is 65.3 cm³/mol. The number of hydrogen-bond acceptors (Lipinski definition) is 2. The van der Waals surface area contributed by atoms with Gasteiger partial charge in [-0.25, -0.2) is 0 Å². The number of likely N-dealkylation sites (N-methyl/N-ethyl adjacent to an activating group) is 1. The van der Waals surface area contributed by atoms with Gasteiger partial charge in [0.1, 0.15) is 5.75 Å². The zero-order valence-corrected chi connectivity index (χ0v) is 10.6. The standard InChI is InChI=1S/C11H17NO.BrH/c1-9(12(2)3)8-10-4-6-11(13)7-5-10;/h4-7,9,13H,8H2,1-3H3;1H. The Kier molecular flexibility index (Phi) is 5.81. The zero-order chi connectivity index (χ0) is 9.84. The Bertz CT molecular complexity index is 258. The fraction of sp³-hybridized carbons (Fsp3) is 0.455. The van der Waals surface area contributed by atoms with Crippen LogP contribution in [0.15, 0.2) is 24.3 Å². The van der Waals surface area contributed by atoms with Crippen molar-refractivity contribution in [1.82, 2.24) is 4.90 Å². The van der Waals surface area contributed by atoms with Crippen molar-refractivity contribution < 1.29 is 5.11 Å². The molecule has 0 bridgehead atoms. The van der Waals surface area contributed by atoms with Crippen molar-refractivity contribution in [3.63, 3.8) is 0 Å². The van der Waals surface area contributed by atoms with Crippen LogP contribution in [-0.2, 0) is 6.42 Å². The summed E-state index contributed by atoms with van der Waals surface area (Å²) in [5.74, 6) is 0.334. The molecule has 0 fully saturated rings. The van der Waals surface area contributed by atoms with Crippen molar-refractivity contribution in [1.29, 1.82) is 0 Å². The lowest BCUT2D eigenvalue weighted by atomic mass is 10.1. The molecule has 0 aliphatic carbocycles. The van der Waals surface area contributed by atoms with E-state index in [1.807, 2.05) is 12.1 Å². The van der Waals surface area contributed by atoms with Crippen LogP contribution >= 0.6 is 17.0 Å². The molecule has 0 amide bonds. The summed E-state index contributed by atoms with van der Waals surface area (Å²) in [6.07, 6.45) is 1.02. The summed E-state index contributed by atoms with van der Waals surface area (Å²) >= 11 is 0. The number of halogens is 1. The molecule has 3 heteroatoms. The second-order valence-electron chi connectivity index (χ2n) is 3.68. The van der Waals surface area contributed by atoms with Gasteiger partial charge in [0.25, 0.3) is 0 Å². The van der Waals surface area contributed by atoms with Crippen LogP contribution in [0.5, 0.6) is 5.75 Å². The van der Waals surface area contributed by atoms with Crippen molar-refractivity contribution in [2.75, 3.05) is 14.1 Å². The predicted octanol–water partition coefficient (Wildman–Crippen LogP) is 2.46. The minimum atomic E-state index is 0. The lowest BCUT2D eigenvalue weighted by molar-refractivity contribution is 0.312. The van der Waals surface area contributed by atoms with E-state index in [-0.39, 0.29) is 17.0 Å². The molecule has 0 saturated carbocycles. The Hall–Kier alpha value is -0.540. The van der Waals surface area contributed by atoms with E-state index in [0.29, 0.717) is 11.8 Å². The van der Waals surface area contributed by atoms with E-state index in [1.54, 1.807) is 12.1 Å². The van der Waals surface area contributed by atoms with E-state index >= 15 is 0 Å². The summed E-state index contributed by atoms with van der Waals surface area (Å²) in [6.45, 7) is 2.19. The van der Waals surface area contributed by atoms with Gasteiger partial charge >= 0.3 is 0 Å². The van der Waals surface area contributed by atoms with E-state index in [0.717, 1.165) is 6.42 Å². The van der Waals surface area contributed by atoms with Gasteiger partial charge in [-0.3, -0.25) is 0 Å². The second-order valence-corrected chi connectivity index (χ2v) is 3.68. The maximum Gasteiger partial charge on any atom is 0.115 e. The SMILES string of the molecule is Br.CC(Cc1ccc(O)cc1)N(C)C. The normalized spacial score (nSPS) is 12.3. The molecule has 1 aromatic carbocycles. The van der Waals surface area contributed by atoms with Gasteiger partial charge in [0.05, 0.1) is 0 Å². The average Bonchev–Trinajstić information content (AvgIpc) is 2.08. The Morgan fingerprint density at radius 1 is 1.21 bits per heavy atom. The molecule has 1 N–H and O–H groups in total. The number of hydrogen-bond donors (Lipinski definition) is 1. The number of phenols is 1. The first-order valence-electron chi connectivity index (χ1n) is 4.54. The van der Waals surface area contributed by atoms with Crippen LogP contribution in [-0.4, -0.2) is 30.1 Å². The number of nitrogens with zero attached hydrogens (tertiary/aromatic N) is 1. The summed E-state index contributed by atoms with van der Waals surface area (Å²) in [5, 5.41) is 9.09. The maximum atomic E-state index is 9.09. The number of rotatable bonds is 3. The molecule has 0 aromatic heterocycles. The molecule has 2 nitrogen and oxygen atoms in total. The first-order chi connectivity index (χ1) is 6.09. The Labute approximate surface area is 96.3 Å². The van der Waals surface area contributed by atoms with E-state index in [9.17, 15) is 0 Å². The van der Waals surface area contributed by atoms with Crippen molar-refractivity contribution in [2.24, 2.45) is 0 Å². The molecule has 0 saturated heterocycles. The highest BCUT2D eigenvalue weighted by Crippen LogP contribution is 2.12. The summed E-state index contributed by atoms with van der Waals surface area (Å²) in [6, 6.07) is 7.93. The molecular weight excluding hydrogens is 242 g/mol. The van der Waals surface area contributed by atoms with Crippen LogP contribution in [0.4, 0.5) is 0 Å². The maximum absolute atomic E-state index is 9.09. The van der Waals surface area contributed by atoms with Gasteiger partial charge in [-0.2, -0.15) is 0 Å². The third kappa shape index (κ3) is 4.11. The fourth-order valence-electron chi connectivity index (χ4n) is 1.16. The molecule has 0 aliphatic heterocycles. The van der Waals surface area contributed by atoms with Crippen LogP contribution < -0.4 is 0 Å². The Morgan fingerprint density at radius 2 is 1.71 bits per heavy atom. The third-order valence-electron chi connectivity index (χ3n) is 2.35. The van der Waals surface area contributed by atoms with Crippen molar-refractivity contribution in [3.8, 4) is 5.75 Å². The Morgan fingerprint density at radius 3 is 2.14 bits per heavy atom. The average molecular weight is 260 g/mol. The highest BCUT2D eigenvalue weighted by molar-refractivity contribution is 8.93. The van der Waals surface area contributed by atoms with Crippen molar-refractivity contribution in [3.05, 3.63) is 29.8 Å². The van der Waals surface area contributed by atoms with Crippen LogP contribution in [0, 0.1) is 0 Å². The van der Waals surface area contributed by atoms with E-state index in [4.69, 9.17) is 5.11 Å². The highest BCUT2D eigenvalue weighted by atomic mass is 79.9. The number of phenolic OH excluding ortho intramolecular Hbond substituents is 1. The summed E-state index contributed by atoms with van der Waals surface area (Å²) in [5.41, 5.74) is 1.26. The zero-order valence-electron chi connectivity index (χ0n) is 8.90. The highest BCUT2D eigenvalue weighted by Gasteiger charge is 2.04. The smallest absolute Gasteiger partial charge is 0.115 e. The lowest BCUT2D eigenvalue weighted by Crippen LogP contribution is -2.26. The van der Waals surface area contributed by atoms with E-state index in [1.165, 1.54) is 5.56 Å². The topological polar surface area (TPSA) is 23.5 Å². The van der Waals surface area contributed by atoms with E-state index in [2.05, 4.69) is 25.9 Å². The number of aromatic hydroxyl groups is 1. The van der Waals surface area contributed by atoms with Gasteiger partial charge in [-0.05, 0) is 45.1 Å². The molecule has 14 heavy (non-hydrogen) atoms. The van der Waals surface area contributed by atoms with Crippen LogP contribution in [0.25, 0.3) is 0 Å². The molecule has 1 aromatic rings. The van der Waals surface area contributed by atoms with Crippen LogP contribution in [0.3, 0.4) is 0 Å². The molecule has 80 valence electrons. The lowest BCUT2D eigenvalue weighted by Gasteiger charge is -2.19. The summed E-state index contributed by atoms with van der Waals surface area (Å²) < 4.78 is 0. The molecule has 1 rings (SSSR count). The molecule has 1 atom stereocenters. The van der Waals surface area contributed by atoms with Gasteiger partial charge in [0.2, 0.25) is 0 Å². The minimum Gasteiger partial charge on any atom is -0.508 e. The molecular formula is C11H18BrNO. The van der Waals surface area contributed by atoms with Crippen molar-refractivity contribution >= 4 is 17.0 Å². The molecule has 0 heterocycles. The fourth-order valence-corrected chi connectivity index (χ4v) is 1.16. The van der Waals surface area contributed by atoms with Crippen LogP contribution in [0.2, 0.25) is 0 Å². The van der Waals surface area contributed by atoms with Crippen molar-refractivity contribution in [2.45, 2.75) is 19.4 Å². The van der Waals surface area contributed by atoms with Gasteiger partial charge in [0, 0.05) is 6.04 Å². The first kappa shape index (κ1) is 13.5. The largest absolute Gasteiger partial charge is 0.508 e. The summed E-state index contributed by atoms with van der Waals surface area (Å²) in [4.78, 5) is 2.19. The molecule has 0 spiro atoms. The third-order valence-corrected chi connectivity index (χ3v) is 2.35. The second kappa shape index (κ2) is 6.04. The summed E-state index contributed by atoms with van der Waals surface area (Å²) in [7, 11) is 4.15. The van der Waals surface area contributed by atoms with Gasteiger partial charge in [0.15, 0.2) is 0 Å².